The van der Waals surface area contributed by atoms with Crippen LogP contribution in [0.15, 0.2) is 0 Å². The molecule has 4 heteroatoms. The summed E-state index contributed by atoms with van der Waals surface area (Å²) in [4.78, 5) is 0. The Morgan fingerprint density at radius 3 is 2.56 bits per heavy atom. The second kappa shape index (κ2) is 2.97. The SMILES string of the molecule is C#CC1COS(=O)OC1. The van der Waals surface area contributed by atoms with Crippen LogP contribution in [0.25, 0.3) is 0 Å². The van der Waals surface area contributed by atoms with Crippen LogP contribution in [0, 0.1) is 18.3 Å². The van der Waals surface area contributed by atoms with Gasteiger partial charge in [0.2, 0.25) is 0 Å². The molecule has 0 atom stereocenters. The molecule has 0 saturated carbocycles. The molecule has 0 amide bonds. The van der Waals surface area contributed by atoms with E-state index in [0.717, 1.165) is 0 Å². The lowest BCUT2D eigenvalue weighted by Crippen LogP contribution is -2.23. The van der Waals surface area contributed by atoms with Crippen molar-refractivity contribution in [2.45, 2.75) is 0 Å². The van der Waals surface area contributed by atoms with Gasteiger partial charge in [0, 0.05) is 0 Å². The van der Waals surface area contributed by atoms with Gasteiger partial charge in [-0.25, -0.2) is 0 Å². The molecule has 0 aromatic heterocycles. The van der Waals surface area contributed by atoms with E-state index in [-0.39, 0.29) is 5.92 Å². The van der Waals surface area contributed by atoms with Gasteiger partial charge < -0.3 is 0 Å². The minimum Gasteiger partial charge on any atom is -0.267 e. The first-order valence-electron chi connectivity index (χ1n) is 2.47. The Morgan fingerprint density at radius 1 is 1.56 bits per heavy atom. The van der Waals surface area contributed by atoms with E-state index >= 15 is 0 Å². The molecule has 1 aliphatic rings. The molecule has 50 valence electrons. The van der Waals surface area contributed by atoms with Crippen molar-refractivity contribution in [3.63, 3.8) is 0 Å². The molecule has 0 N–H and O–H groups in total. The summed E-state index contributed by atoms with van der Waals surface area (Å²) in [6.45, 7) is 0.673. The van der Waals surface area contributed by atoms with Gasteiger partial charge in [0.05, 0.1) is 19.1 Å². The summed E-state index contributed by atoms with van der Waals surface area (Å²) in [5.74, 6) is 2.40. The van der Waals surface area contributed by atoms with Crippen molar-refractivity contribution in [3.8, 4) is 12.3 Å². The van der Waals surface area contributed by atoms with Crippen molar-refractivity contribution >= 4 is 11.4 Å². The predicted octanol–water partition coefficient (Wildman–Crippen LogP) is -0.139. The van der Waals surface area contributed by atoms with E-state index in [1.165, 1.54) is 0 Å². The lowest BCUT2D eigenvalue weighted by Gasteiger charge is -2.14. The lowest BCUT2D eigenvalue weighted by molar-refractivity contribution is 0.152. The molecular formula is C5H6O3S. The molecule has 0 unspecified atom stereocenters. The zero-order valence-electron chi connectivity index (χ0n) is 4.70. The molecular weight excluding hydrogens is 140 g/mol. The van der Waals surface area contributed by atoms with Crippen LogP contribution < -0.4 is 0 Å². The summed E-state index contributed by atoms with van der Waals surface area (Å²) in [6, 6.07) is 0. The average Bonchev–Trinajstić information content (AvgIpc) is 1.90. The highest BCUT2D eigenvalue weighted by Gasteiger charge is 2.16. The smallest absolute Gasteiger partial charge is 0.267 e. The molecule has 3 nitrogen and oxygen atoms in total. The van der Waals surface area contributed by atoms with Crippen molar-refractivity contribution in [1.29, 1.82) is 0 Å². The van der Waals surface area contributed by atoms with Gasteiger partial charge >= 0.3 is 11.4 Å². The summed E-state index contributed by atoms with van der Waals surface area (Å²) in [5, 5.41) is 0. The molecule has 0 radical (unpaired) electrons. The Labute approximate surface area is 56.2 Å². The number of hydrogen-bond acceptors (Lipinski definition) is 3. The molecule has 1 rings (SSSR count). The Balaban J connectivity index is 2.37. The van der Waals surface area contributed by atoms with Crippen LogP contribution in [0.4, 0.5) is 0 Å². The Morgan fingerprint density at radius 2 is 2.11 bits per heavy atom. The van der Waals surface area contributed by atoms with Crippen molar-refractivity contribution < 1.29 is 12.6 Å². The fourth-order valence-electron chi connectivity index (χ4n) is 0.454. The van der Waals surface area contributed by atoms with Gasteiger partial charge in [-0.1, -0.05) is 5.92 Å². The van der Waals surface area contributed by atoms with Crippen LogP contribution in [0.2, 0.25) is 0 Å². The highest BCUT2D eigenvalue weighted by atomic mass is 32.2. The van der Waals surface area contributed by atoms with E-state index in [1.807, 2.05) is 0 Å². The molecule has 1 aliphatic heterocycles. The molecule has 0 spiro atoms. The Bertz CT molecular complexity index is 150. The van der Waals surface area contributed by atoms with E-state index in [2.05, 4.69) is 14.3 Å². The average molecular weight is 146 g/mol. The molecule has 9 heavy (non-hydrogen) atoms. The van der Waals surface area contributed by atoms with Crippen LogP contribution in [-0.4, -0.2) is 17.4 Å². The van der Waals surface area contributed by atoms with E-state index in [4.69, 9.17) is 6.42 Å². The summed E-state index contributed by atoms with van der Waals surface area (Å²) in [6.07, 6.45) is 5.04. The molecule has 0 bridgehead atoms. The van der Waals surface area contributed by atoms with Crippen molar-refractivity contribution in [3.05, 3.63) is 0 Å². The normalized spacial score (nSPS) is 35.4. The van der Waals surface area contributed by atoms with Gasteiger partial charge in [-0.2, -0.15) is 4.21 Å². The van der Waals surface area contributed by atoms with E-state index < -0.39 is 11.4 Å². The molecule has 0 aromatic carbocycles. The third-order valence-corrected chi connectivity index (χ3v) is 1.62. The standard InChI is InChI=1S/C5H6O3S/c1-2-5-3-7-9(6)8-4-5/h1,5H,3-4H2. The number of rotatable bonds is 0. The fourth-order valence-corrected chi connectivity index (χ4v) is 1.07. The molecule has 1 saturated heterocycles. The monoisotopic (exact) mass is 146 g/mol. The number of hydrogen-bond donors (Lipinski definition) is 0. The Kier molecular flexibility index (Phi) is 2.22. The zero-order valence-corrected chi connectivity index (χ0v) is 5.52. The van der Waals surface area contributed by atoms with Gasteiger partial charge in [0.25, 0.3) is 0 Å². The fraction of sp³-hybridized carbons (Fsp3) is 0.600. The molecule has 1 fully saturated rings. The first-order valence-corrected chi connectivity index (χ1v) is 3.47. The van der Waals surface area contributed by atoms with Gasteiger partial charge in [0.15, 0.2) is 0 Å². The van der Waals surface area contributed by atoms with E-state index in [9.17, 15) is 4.21 Å². The second-order valence-corrected chi connectivity index (χ2v) is 2.52. The summed E-state index contributed by atoms with van der Waals surface area (Å²) in [7, 11) is 0. The highest BCUT2D eigenvalue weighted by molar-refractivity contribution is 7.75. The Hall–Kier alpha value is -0.370. The first kappa shape index (κ1) is 6.75. The van der Waals surface area contributed by atoms with Crippen LogP contribution >= 0.6 is 0 Å². The first-order chi connectivity index (χ1) is 4.33. The maximum atomic E-state index is 10.3. The van der Waals surface area contributed by atoms with Crippen molar-refractivity contribution in [2.24, 2.45) is 5.92 Å². The molecule has 0 aliphatic carbocycles. The van der Waals surface area contributed by atoms with Gasteiger partial charge in [0.1, 0.15) is 0 Å². The summed E-state index contributed by atoms with van der Waals surface area (Å²) < 4.78 is 19.5. The van der Waals surface area contributed by atoms with Crippen LogP contribution in [-0.2, 0) is 19.7 Å². The third kappa shape index (κ3) is 1.79. The maximum absolute atomic E-state index is 10.3. The summed E-state index contributed by atoms with van der Waals surface area (Å²) in [5.41, 5.74) is 0. The largest absolute Gasteiger partial charge is 0.304 e. The zero-order chi connectivity index (χ0) is 6.69. The number of terminal acetylenes is 1. The molecule has 1 heterocycles. The van der Waals surface area contributed by atoms with Gasteiger partial charge in [-0.3, -0.25) is 8.37 Å². The summed E-state index contributed by atoms with van der Waals surface area (Å²) >= 11 is -1.56. The van der Waals surface area contributed by atoms with Gasteiger partial charge in [-0.15, -0.1) is 6.42 Å². The van der Waals surface area contributed by atoms with Crippen molar-refractivity contribution in [1.82, 2.24) is 0 Å². The van der Waals surface area contributed by atoms with Crippen molar-refractivity contribution in [2.75, 3.05) is 13.2 Å². The second-order valence-electron chi connectivity index (χ2n) is 1.64. The van der Waals surface area contributed by atoms with Gasteiger partial charge in [-0.05, 0) is 0 Å². The minimum absolute atomic E-state index is 0.0392. The quantitative estimate of drug-likeness (QED) is 0.446. The van der Waals surface area contributed by atoms with E-state index in [1.54, 1.807) is 0 Å². The minimum atomic E-state index is -1.56. The van der Waals surface area contributed by atoms with Crippen LogP contribution in [0.1, 0.15) is 0 Å². The lowest BCUT2D eigenvalue weighted by atomic mass is 10.2. The van der Waals surface area contributed by atoms with Crippen LogP contribution in [0.3, 0.4) is 0 Å². The predicted molar refractivity (Wildman–Crippen MR) is 32.4 cm³/mol. The van der Waals surface area contributed by atoms with E-state index in [0.29, 0.717) is 13.2 Å². The highest BCUT2D eigenvalue weighted by Crippen LogP contribution is 2.06. The van der Waals surface area contributed by atoms with Crippen LogP contribution in [0.5, 0.6) is 0 Å². The third-order valence-electron chi connectivity index (χ3n) is 0.967. The molecule has 0 aromatic rings. The topological polar surface area (TPSA) is 35.5 Å². The maximum Gasteiger partial charge on any atom is 0.304 e.